The zero-order valence-electron chi connectivity index (χ0n) is 12.9. The van der Waals surface area contributed by atoms with Gasteiger partial charge in [-0.2, -0.15) is 0 Å². The van der Waals surface area contributed by atoms with E-state index in [1.54, 1.807) is 0 Å². The third-order valence-electron chi connectivity index (χ3n) is 3.39. The molecule has 1 nitrogen and oxygen atoms in total. The van der Waals surface area contributed by atoms with Gasteiger partial charge < -0.3 is 0 Å². The van der Waals surface area contributed by atoms with Crippen molar-refractivity contribution >= 4 is 22.9 Å². The average Bonchev–Trinajstić information content (AvgIpc) is 2.14. The monoisotopic (exact) mass is 351 g/mol. The lowest BCUT2D eigenvalue weighted by molar-refractivity contribution is 0.190. The SMILES string of the molecule is C=C([C@H]([C@@H](C)CC)N(I)C(C)(C)C)C(C)(C)C. The quantitative estimate of drug-likeness (QED) is 0.370. The average molecular weight is 351 g/mol. The van der Waals surface area contributed by atoms with Gasteiger partial charge in [0, 0.05) is 34.4 Å². The highest BCUT2D eigenvalue weighted by atomic mass is 127. The molecule has 0 amide bonds. The minimum atomic E-state index is 0.169. The molecule has 0 bridgehead atoms. The second kappa shape index (κ2) is 6.05. The number of hydrogen-bond acceptors (Lipinski definition) is 1. The summed E-state index contributed by atoms with van der Waals surface area (Å²) in [5.74, 6) is 0.637. The summed E-state index contributed by atoms with van der Waals surface area (Å²) in [6.07, 6.45) is 1.19. The molecule has 102 valence electrons. The molecule has 0 aromatic heterocycles. The summed E-state index contributed by atoms with van der Waals surface area (Å²) in [5, 5.41) is 0. The maximum atomic E-state index is 4.38. The molecule has 0 radical (unpaired) electrons. The van der Waals surface area contributed by atoms with Gasteiger partial charge in [-0.3, -0.25) is 0 Å². The van der Waals surface area contributed by atoms with Gasteiger partial charge in [-0.25, -0.2) is 3.11 Å². The van der Waals surface area contributed by atoms with Gasteiger partial charge in [0.15, 0.2) is 0 Å². The van der Waals surface area contributed by atoms with Crippen LogP contribution in [0.25, 0.3) is 0 Å². The Bertz CT molecular complexity index is 257. The standard InChI is InChI=1S/C15H30IN/c1-10-11(2)13(12(3)14(4,5)6)17(16)15(7,8)9/h11,13H,3,10H2,1-2,4-9H3/t11-,13-/m0/s1. The number of halogens is 1. The van der Waals surface area contributed by atoms with Crippen LogP contribution in [0.3, 0.4) is 0 Å². The Balaban J connectivity index is 5.24. The lowest BCUT2D eigenvalue weighted by Gasteiger charge is -2.43. The fourth-order valence-electron chi connectivity index (χ4n) is 1.79. The van der Waals surface area contributed by atoms with Gasteiger partial charge in [-0.05, 0) is 32.1 Å². The zero-order chi connectivity index (χ0) is 14.0. The summed E-state index contributed by atoms with van der Waals surface area (Å²) < 4.78 is 2.45. The highest BCUT2D eigenvalue weighted by Crippen LogP contribution is 2.38. The Morgan fingerprint density at radius 2 is 1.59 bits per heavy atom. The highest BCUT2D eigenvalue weighted by Gasteiger charge is 2.35. The van der Waals surface area contributed by atoms with E-state index >= 15 is 0 Å². The molecule has 0 saturated carbocycles. The van der Waals surface area contributed by atoms with Gasteiger partial charge in [0.05, 0.1) is 0 Å². The summed E-state index contributed by atoms with van der Waals surface area (Å²) in [6.45, 7) is 22.6. The van der Waals surface area contributed by atoms with Crippen molar-refractivity contribution < 1.29 is 0 Å². The van der Waals surface area contributed by atoms with Gasteiger partial charge in [0.1, 0.15) is 0 Å². The number of rotatable bonds is 4. The molecule has 2 heteroatoms. The molecule has 0 rings (SSSR count). The molecule has 0 aliphatic heterocycles. The van der Waals surface area contributed by atoms with Gasteiger partial charge >= 0.3 is 0 Å². The lowest BCUT2D eigenvalue weighted by Crippen LogP contribution is -2.47. The van der Waals surface area contributed by atoms with Gasteiger partial charge in [-0.15, -0.1) is 0 Å². The molecule has 0 heterocycles. The molecule has 0 aromatic carbocycles. The summed E-state index contributed by atoms with van der Waals surface area (Å²) in [6, 6.07) is 0.445. The van der Waals surface area contributed by atoms with Crippen molar-refractivity contribution in [1.82, 2.24) is 3.11 Å². The molecule has 0 aliphatic carbocycles. The van der Waals surface area contributed by atoms with Gasteiger partial charge in [-0.1, -0.05) is 53.2 Å². The second-order valence-electron chi connectivity index (χ2n) is 7.09. The summed E-state index contributed by atoms with van der Waals surface area (Å²) in [7, 11) is 0. The second-order valence-corrected chi connectivity index (χ2v) is 8.13. The van der Waals surface area contributed by atoms with E-state index in [1.165, 1.54) is 12.0 Å². The van der Waals surface area contributed by atoms with Gasteiger partial charge in [0.2, 0.25) is 0 Å². The van der Waals surface area contributed by atoms with E-state index in [0.717, 1.165) is 0 Å². The Kier molecular flexibility index (Phi) is 6.20. The fraction of sp³-hybridized carbons (Fsp3) is 0.867. The third-order valence-corrected chi connectivity index (χ3v) is 5.44. The predicted molar refractivity (Wildman–Crippen MR) is 87.5 cm³/mol. The van der Waals surface area contributed by atoms with Crippen LogP contribution in [0.5, 0.6) is 0 Å². The van der Waals surface area contributed by atoms with Crippen LogP contribution in [-0.2, 0) is 0 Å². The van der Waals surface area contributed by atoms with Crippen LogP contribution in [0.4, 0.5) is 0 Å². The van der Waals surface area contributed by atoms with Crippen molar-refractivity contribution in [3.63, 3.8) is 0 Å². The summed E-state index contributed by atoms with van der Waals surface area (Å²) in [5.41, 5.74) is 1.68. The first-order valence-corrected chi connectivity index (χ1v) is 7.53. The molecule has 0 unspecified atom stereocenters. The third kappa shape index (κ3) is 4.90. The van der Waals surface area contributed by atoms with Crippen LogP contribution in [0.15, 0.2) is 12.2 Å². The molecule has 2 atom stereocenters. The maximum absolute atomic E-state index is 4.38. The van der Waals surface area contributed by atoms with E-state index in [0.29, 0.717) is 12.0 Å². The van der Waals surface area contributed by atoms with E-state index in [-0.39, 0.29) is 11.0 Å². The van der Waals surface area contributed by atoms with Crippen molar-refractivity contribution in [3.8, 4) is 0 Å². The minimum absolute atomic E-state index is 0.169. The number of hydrogen-bond donors (Lipinski definition) is 0. The molecule has 0 aromatic rings. The van der Waals surface area contributed by atoms with Crippen molar-refractivity contribution in [1.29, 1.82) is 0 Å². The predicted octanol–water partition coefficient (Wildman–Crippen LogP) is 5.45. The Labute approximate surface area is 123 Å². The molecule has 0 N–H and O–H groups in total. The molecular formula is C15H30IN. The molecular weight excluding hydrogens is 321 g/mol. The van der Waals surface area contributed by atoms with Crippen LogP contribution in [0.1, 0.15) is 61.8 Å². The van der Waals surface area contributed by atoms with Crippen LogP contribution < -0.4 is 0 Å². The first-order chi connectivity index (χ1) is 7.42. The normalized spacial score (nSPS) is 17.1. The first-order valence-electron chi connectivity index (χ1n) is 6.57. The van der Waals surface area contributed by atoms with Crippen molar-refractivity contribution in [3.05, 3.63) is 12.2 Å². The first kappa shape index (κ1) is 17.4. The maximum Gasteiger partial charge on any atom is 0.0437 e. The van der Waals surface area contributed by atoms with Crippen molar-refractivity contribution in [2.24, 2.45) is 11.3 Å². The highest BCUT2D eigenvalue weighted by molar-refractivity contribution is 14.1. The molecule has 0 aliphatic rings. The van der Waals surface area contributed by atoms with E-state index in [2.05, 4.69) is 87.9 Å². The Morgan fingerprint density at radius 1 is 1.18 bits per heavy atom. The smallest absolute Gasteiger partial charge is 0.0437 e. The van der Waals surface area contributed by atoms with Gasteiger partial charge in [0.25, 0.3) is 0 Å². The van der Waals surface area contributed by atoms with E-state index in [1.807, 2.05) is 0 Å². The molecule has 0 saturated heterocycles. The van der Waals surface area contributed by atoms with Crippen LogP contribution in [0.2, 0.25) is 0 Å². The van der Waals surface area contributed by atoms with E-state index < -0.39 is 0 Å². The Morgan fingerprint density at radius 3 is 1.82 bits per heavy atom. The minimum Gasteiger partial charge on any atom is -0.235 e. The largest absolute Gasteiger partial charge is 0.235 e. The summed E-state index contributed by atoms with van der Waals surface area (Å²) in [4.78, 5) is 0. The van der Waals surface area contributed by atoms with Crippen molar-refractivity contribution in [2.45, 2.75) is 73.4 Å². The Hall–Kier alpha value is 0.430. The molecule has 17 heavy (non-hydrogen) atoms. The van der Waals surface area contributed by atoms with E-state index in [4.69, 9.17) is 0 Å². The zero-order valence-corrected chi connectivity index (χ0v) is 15.1. The van der Waals surface area contributed by atoms with Crippen LogP contribution in [0, 0.1) is 11.3 Å². The fourth-order valence-corrected chi connectivity index (χ4v) is 2.67. The van der Waals surface area contributed by atoms with Crippen molar-refractivity contribution in [2.75, 3.05) is 0 Å². The molecule has 0 fully saturated rings. The lowest BCUT2D eigenvalue weighted by atomic mass is 9.77. The number of nitrogens with zero attached hydrogens (tertiary/aromatic N) is 1. The summed E-state index contributed by atoms with van der Waals surface area (Å²) >= 11 is 2.48. The van der Waals surface area contributed by atoms with E-state index in [9.17, 15) is 0 Å². The van der Waals surface area contributed by atoms with Crippen LogP contribution >= 0.6 is 22.9 Å². The van der Waals surface area contributed by atoms with Crippen LogP contribution in [-0.4, -0.2) is 14.7 Å². The topological polar surface area (TPSA) is 3.24 Å². The molecule has 0 spiro atoms.